The normalized spacial score (nSPS) is 10.4. The minimum absolute atomic E-state index is 0.0561. The van der Waals surface area contributed by atoms with E-state index < -0.39 is 11.9 Å². The summed E-state index contributed by atoms with van der Waals surface area (Å²) in [6.45, 7) is 0. The maximum Gasteiger partial charge on any atom is 0.412 e. The second-order valence-corrected chi connectivity index (χ2v) is 3.73. The number of aromatic nitrogens is 2. The molecular weight excluding hydrogens is 281 g/mol. The van der Waals surface area contributed by atoms with Crippen molar-refractivity contribution in [3.8, 4) is 6.01 Å². The summed E-state index contributed by atoms with van der Waals surface area (Å²) in [5.41, 5.74) is 4.85. The van der Waals surface area contributed by atoms with Crippen LogP contribution in [0.25, 0.3) is 10.9 Å². The van der Waals surface area contributed by atoms with Gasteiger partial charge < -0.3 is 10.5 Å². The van der Waals surface area contributed by atoms with E-state index in [1.807, 2.05) is 0 Å². The summed E-state index contributed by atoms with van der Waals surface area (Å²) in [6, 6.07) is 2.89. The fourth-order valence-electron chi connectivity index (χ4n) is 1.16. The number of ether oxygens (including phenoxy) is 1. The maximum atomic E-state index is 13.6. The molecule has 0 saturated heterocycles. The maximum absolute atomic E-state index is 13.6. The second-order valence-electron chi connectivity index (χ2n) is 2.87. The number of amides is 1. The average Bonchev–Trinajstić information content (AvgIpc) is 2.23. The Labute approximate surface area is 97.6 Å². The molecule has 0 radical (unpaired) electrons. The van der Waals surface area contributed by atoms with Crippen LogP contribution in [-0.4, -0.2) is 16.1 Å². The van der Waals surface area contributed by atoms with Gasteiger partial charge >= 0.3 is 12.1 Å². The lowest BCUT2D eigenvalue weighted by Gasteiger charge is -2.02. The van der Waals surface area contributed by atoms with E-state index in [9.17, 15) is 9.18 Å². The Morgan fingerprint density at radius 2 is 2.25 bits per heavy atom. The molecule has 2 N–H and O–H groups in total. The summed E-state index contributed by atoms with van der Waals surface area (Å²) in [5.74, 6) is -0.547. The molecule has 1 aromatic heterocycles. The lowest BCUT2D eigenvalue weighted by Crippen LogP contribution is -2.17. The van der Waals surface area contributed by atoms with Crippen molar-refractivity contribution in [1.29, 1.82) is 0 Å². The number of nitrogens with zero attached hydrogens (tertiary/aromatic N) is 2. The van der Waals surface area contributed by atoms with E-state index in [4.69, 9.17) is 5.73 Å². The summed E-state index contributed by atoms with van der Waals surface area (Å²) in [6.07, 6.45) is 0.297. The molecule has 5 nitrogen and oxygen atoms in total. The highest BCUT2D eigenvalue weighted by molar-refractivity contribution is 9.10. The second kappa shape index (κ2) is 4.01. The molecule has 16 heavy (non-hydrogen) atoms. The topological polar surface area (TPSA) is 78.1 Å². The largest absolute Gasteiger partial charge is 0.412 e. The molecule has 1 amide bonds. The number of carbonyl (C=O) groups is 1. The molecule has 1 heterocycles. The van der Waals surface area contributed by atoms with Crippen LogP contribution >= 0.6 is 15.9 Å². The molecule has 0 aliphatic carbocycles. The van der Waals surface area contributed by atoms with Gasteiger partial charge in [0.25, 0.3) is 0 Å². The van der Waals surface area contributed by atoms with Crippen LogP contribution in [0.5, 0.6) is 6.01 Å². The van der Waals surface area contributed by atoms with E-state index >= 15 is 0 Å². The van der Waals surface area contributed by atoms with Gasteiger partial charge in [-0.3, -0.25) is 0 Å². The predicted molar refractivity (Wildman–Crippen MR) is 57.4 cm³/mol. The molecule has 0 bridgehead atoms. The Balaban J connectivity index is 2.59. The Morgan fingerprint density at radius 1 is 1.50 bits per heavy atom. The highest BCUT2D eigenvalue weighted by atomic mass is 79.9. The molecule has 0 atom stereocenters. The van der Waals surface area contributed by atoms with Gasteiger partial charge in [0.05, 0.1) is 4.47 Å². The number of fused-ring (bicyclic) bond motifs is 1. The first-order valence-electron chi connectivity index (χ1n) is 4.16. The van der Waals surface area contributed by atoms with Gasteiger partial charge in [0.15, 0.2) is 5.82 Å². The number of carbonyl (C=O) groups excluding carboxylic acids is 1. The molecule has 82 valence electrons. The van der Waals surface area contributed by atoms with Gasteiger partial charge in [-0.2, -0.15) is 4.98 Å². The van der Waals surface area contributed by atoms with Crippen LogP contribution in [0, 0.1) is 5.82 Å². The third kappa shape index (κ3) is 1.94. The van der Waals surface area contributed by atoms with Crippen LogP contribution in [0.4, 0.5) is 9.18 Å². The molecule has 0 saturated carbocycles. The first kappa shape index (κ1) is 10.7. The SMILES string of the molecule is NC(=O)Oc1ncc2ccc(Br)c(F)c2n1. The minimum atomic E-state index is -1.05. The van der Waals surface area contributed by atoms with Gasteiger partial charge in [-0.15, -0.1) is 0 Å². The van der Waals surface area contributed by atoms with Crippen molar-refractivity contribution in [3.63, 3.8) is 0 Å². The number of rotatable bonds is 1. The molecule has 2 aromatic rings. The number of benzene rings is 1. The Bertz CT molecular complexity index is 576. The van der Waals surface area contributed by atoms with Crippen molar-refractivity contribution >= 4 is 32.9 Å². The van der Waals surface area contributed by atoms with E-state index in [1.54, 1.807) is 6.07 Å². The van der Waals surface area contributed by atoms with Crippen LogP contribution in [0.2, 0.25) is 0 Å². The number of hydrogen-bond donors (Lipinski definition) is 1. The van der Waals surface area contributed by atoms with E-state index in [1.165, 1.54) is 12.3 Å². The lowest BCUT2D eigenvalue weighted by molar-refractivity contribution is 0.207. The number of nitrogens with two attached hydrogens (primary N) is 1. The smallest absolute Gasteiger partial charge is 0.374 e. The average molecular weight is 286 g/mol. The van der Waals surface area contributed by atoms with Crippen molar-refractivity contribution in [2.45, 2.75) is 0 Å². The molecule has 0 fully saturated rings. The standard InChI is InChI=1S/C9H5BrFN3O2/c10-5-2-1-4-3-13-9(16-8(12)15)14-7(4)6(5)11/h1-3H,(H2,12,15). The summed E-state index contributed by atoms with van der Waals surface area (Å²) in [7, 11) is 0. The molecule has 0 spiro atoms. The Kier molecular flexibility index (Phi) is 2.69. The summed E-state index contributed by atoms with van der Waals surface area (Å²) < 4.78 is 18.3. The monoisotopic (exact) mass is 285 g/mol. The molecular formula is C9H5BrFN3O2. The summed E-state index contributed by atoms with van der Waals surface area (Å²) in [4.78, 5) is 17.9. The van der Waals surface area contributed by atoms with Crippen LogP contribution in [0.15, 0.2) is 22.8 Å². The van der Waals surface area contributed by atoms with Gasteiger partial charge in [-0.1, -0.05) is 0 Å². The van der Waals surface area contributed by atoms with Crippen LogP contribution in [0.1, 0.15) is 0 Å². The number of hydrogen-bond acceptors (Lipinski definition) is 4. The van der Waals surface area contributed by atoms with Gasteiger partial charge in [-0.25, -0.2) is 14.2 Å². The zero-order valence-corrected chi connectivity index (χ0v) is 9.36. The van der Waals surface area contributed by atoms with E-state index in [0.29, 0.717) is 5.39 Å². The molecule has 2 rings (SSSR count). The van der Waals surface area contributed by atoms with E-state index in [-0.39, 0.29) is 16.0 Å². The van der Waals surface area contributed by atoms with Crippen LogP contribution < -0.4 is 10.5 Å². The van der Waals surface area contributed by atoms with Crippen LogP contribution in [-0.2, 0) is 0 Å². The van der Waals surface area contributed by atoms with Crippen LogP contribution in [0.3, 0.4) is 0 Å². The van der Waals surface area contributed by atoms with Crippen molar-refractivity contribution in [2.24, 2.45) is 5.73 Å². The highest BCUT2D eigenvalue weighted by Crippen LogP contribution is 2.23. The first-order valence-corrected chi connectivity index (χ1v) is 4.95. The van der Waals surface area contributed by atoms with Crippen molar-refractivity contribution in [3.05, 3.63) is 28.6 Å². The van der Waals surface area contributed by atoms with Gasteiger partial charge in [-0.05, 0) is 28.1 Å². The molecule has 0 aliphatic heterocycles. The van der Waals surface area contributed by atoms with E-state index in [0.717, 1.165) is 0 Å². The van der Waals surface area contributed by atoms with Crippen molar-refractivity contribution in [2.75, 3.05) is 0 Å². The first-order chi connectivity index (χ1) is 7.58. The Hall–Kier alpha value is -1.76. The Morgan fingerprint density at radius 3 is 2.94 bits per heavy atom. The van der Waals surface area contributed by atoms with Crippen molar-refractivity contribution in [1.82, 2.24) is 9.97 Å². The third-order valence-corrected chi connectivity index (χ3v) is 2.43. The minimum Gasteiger partial charge on any atom is -0.374 e. The van der Waals surface area contributed by atoms with Gasteiger partial charge in [0, 0.05) is 11.6 Å². The fourth-order valence-corrected chi connectivity index (χ4v) is 1.48. The molecule has 1 aromatic carbocycles. The van der Waals surface area contributed by atoms with Gasteiger partial charge in [0.2, 0.25) is 0 Å². The quantitative estimate of drug-likeness (QED) is 0.869. The van der Waals surface area contributed by atoms with Gasteiger partial charge in [0.1, 0.15) is 5.52 Å². The predicted octanol–water partition coefficient (Wildman–Crippen LogP) is 1.99. The summed E-state index contributed by atoms with van der Waals surface area (Å²) in [5, 5.41) is 0.498. The highest BCUT2D eigenvalue weighted by Gasteiger charge is 2.10. The lowest BCUT2D eigenvalue weighted by atomic mass is 10.2. The van der Waals surface area contributed by atoms with E-state index in [2.05, 4.69) is 30.6 Å². The number of halogens is 2. The summed E-state index contributed by atoms with van der Waals surface area (Å²) >= 11 is 3.02. The zero-order chi connectivity index (χ0) is 11.7. The molecule has 0 aliphatic rings. The fraction of sp³-hybridized carbons (Fsp3) is 0. The third-order valence-electron chi connectivity index (χ3n) is 1.81. The zero-order valence-electron chi connectivity index (χ0n) is 7.78. The molecule has 7 heteroatoms. The van der Waals surface area contributed by atoms with Crippen molar-refractivity contribution < 1.29 is 13.9 Å². The number of primary amides is 1. The molecule has 0 unspecified atom stereocenters.